The van der Waals surface area contributed by atoms with E-state index in [1.807, 2.05) is 50.5 Å². The Kier molecular flexibility index (Phi) is 4.01. The van der Waals surface area contributed by atoms with Crippen molar-refractivity contribution in [2.24, 2.45) is 0 Å². The van der Waals surface area contributed by atoms with Crippen molar-refractivity contribution < 1.29 is 13.8 Å². The summed E-state index contributed by atoms with van der Waals surface area (Å²) in [6, 6.07) is 5.54. The summed E-state index contributed by atoms with van der Waals surface area (Å²) >= 11 is 0. The van der Waals surface area contributed by atoms with Gasteiger partial charge in [-0.15, -0.1) is 0 Å². The first-order valence-electron chi connectivity index (χ1n) is 7.67. The van der Waals surface area contributed by atoms with Crippen LogP contribution in [-0.4, -0.2) is 32.7 Å². The van der Waals surface area contributed by atoms with E-state index >= 15 is 0 Å². The molecule has 126 valence electrons. The van der Waals surface area contributed by atoms with Crippen molar-refractivity contribution in [3.63, 3.8) is 0 Å². The Bertz CT molecular complexity index is 888. The average molecular weight is 328 g/mol. The second kappa shape index (κ2) is 5.99. The predicted octanol–water partition coefficient (Wildman–Crippen LogP) is 2.96. The number of rotatable bonds is 4. The van der Waals surface area contributed by atoms with Crippen LogP contribution in [0.25, 0.3) is 5.82 Å². The molecule has 0 atom stereocenters. The number of carbonyl (C=O) groups excluding carboxylic acids is 1. The fourth-order valence-corrected chi connectivity index (χ4v) is 2.80. The van der Waals surface area contributed by atoms with Crippen molar-refractivity contribution in [1.82, 2.24) is 19.8 Å². The first kappa shape index (κ1) is 16.0. The van der Waals surface area contributed by atoms with E-state index < -0.39 is 0 Å². The molecule has 0 saturated carbocycles. The van der Waals surface area contributed by atoms with Crippen molar-refractivity contribution in [2.75, 3.05) is 7.05 Å². The first-order valence-corrected chi connectivity index (χ1v) is 7.67. The topological polar surface area (TPSA) is 77.3 Å². The Hall–Kier alpha value is -2.83. The van der Waals surface area contributed by atoms with Gasteiger partial charge in [-0.25, -0.2) is 0 Å². The zero-order valence-corrected chi connectivity index (χ0v) is 14.5. The standard InChI is InChI=1S/C17H20N4O3/c1-10-6-15(13(4)21(10)16-8-12(3)24-19-16)17(22)20(5)9-14-7-11(2)23-18-14/h6-8H,9H2,1-5H3. The Morgan fingerprint density at radius 2 is 1.75 bits per heavy atom. The number of hydrogen-bond donors (Lipinski definition) is 0. The lowest BCUT2D eigenvalue weighted by atomic mass is 10.2. The lowest BCUT2D eigenvalue weighted by Gasteiger charge is -2.15. The molecule has 0 aliphatic rings. The van der Waals surface area contributed by atoms with Gasteiger partial charge >= 0.3 is 0 Å². The monoisotopic (exact) mass is 328 g/mol. The van der Waals surface area contributed by atoms with Crippen molar-refractivity contribution in [2.45, 2.75) is 34.2 Å². The van der Waals surface area contributed by atoms with E-state index in [2.05, 4.69) is 10.3 Å². The molecule has 3 heterocycles. The molecule has 7 heteroatoms. The van der Waals surface area contributed by atoms with Crippen molar-refractivity contribution >= 4 is 5.91 Å². The van der Waals surface area contributed by atoms with Gasteiger partial charge in [0.1, 0.15) is 17.2 Å². The molecule has 0 aromatic carbocycles. The minimum atomic E-state index is -0.0739. The maximum absolute atomic E-state index is 12.8. The van der Waals surface area contributed by atoms with E-state index in [1.54, 1.807) is 11.9 Å². The van der Waals surface area contributed by atoms with Crippen molar-refractivity contribution in [3.05, 3.63) is 52.4 Å². The van der Waals surface area contributed by atoms with Crippen LogP contribution in [0.5, 0.6) is 0 Å². The van der Waals surface area contributed by atoms with E-state index in [9.17, 15) is 4.79 Å². The van der Waals surface area contributed by atoms with E-state index in [4.69, 9.17) is 9.05 Å². The lowest BCUT2D eigenvalue weighted by Crippen LogP contribution is -2.26. The van der Waals surface area contributed by atoms with Crippen molar-refractivity contribution in [3.8, 4) is 5.82 Å². The van der Waals surface area contributed by atoms with Crippen LogP contribution < -0.4 is 0 Å². The summed E-state index contributed by atoms with van der Waals surface area (Å²) in [7, 11) is 1.75. The summed E-state index contributed by atoms with van der Waals surface area (Å²) in [5, 5.41) is 7.97. The summed E-state index contributed by atoms with van der Waals surface area (Å²) in [6.45, 7) is 7.90. The zero-order chi connectivity index (χ0) is 17.4. The summed E-state index contributed by atoms with van der Waals surface area (Å²) in [5.41, 5.74) is 3.11. The van der Waals surface area contributed by atoms with Gasteiger partial charge in [0.05, 0.1) is 12.1 Å². The summed E-state index contributed by atoms with van der Waals surface area (Å²) in [4.78, 5) is 14.4. The molecule has 3 aromatic heterocycles. The van der Waals surface area contributed by atoms with Crippen LogP contribution in [0, 0.1) is 27.7 Å². The van der Waals surface area contributed by atoms with Gasteiger partial charge in [0.15, 0.2) is 5.82 Å². The number of nitrogens with zero attached hydrogens (tertiary/aromatic N) is 4. The zero-order valence-electron chi connectivity index (χ0n) is 14.5. The van der Waals surface area contributed by atoms with Gasteiger partial charge in [-0.3, -0.25) is 9.36 Å². The number of amides is 1. The van der Waals surface area contributed by atoms with Gasteiger partial charge in [-0.05, 0) is 33.8 Å². The molecule has 0 saturated heterocycles. The minimum absolute atomic E-state index is 0.0739. The Morgan fingerprint density at radius 3 is 2.33 bits per heavy atom. The third-order valence-electron chi connectivity index (χ3n) is 3.93. The number of carbonyl (C=O) groups is 1. The molecule has 0 spiro atoms. The van der Waals surface area contributed by atoms with Crippen LogP contribution in [0.1, 0.15) is 39.0 Å². The molecular weight excluding hydrogens is 308 g/mol. The van der Waals surface area contributed by atoms with Crippen LogP contribution in [0.15, 0.2) is 27.2 Å². The molecule has 0 N–H and O–H groups in total. The van der Waals surface area contributed by atoms with E-state index in [0.717, 1.165) is 28.6 Å². The third-order valence-corrected chi connectivity index (χ3v) is 3.93. The Balaban J connectivity index is 1.87. The number of aryl methyl sites for hydroxylation is 3. The molecule has 7 nitrogen and oxygen atoms in total. The SMILES string of the molecule is Cc1cc(CN(C)C(=O)c2cc(C)n(-c3cc(C)on3)c2C)no1. The van der Waals surface area contributed by atoms with Crippen LogP contribution in [0.4, 0.5) is 0 Å². The largest absolute Gasteiger partial charge is 0.361 e. The fraction of sp³-hybridized carbons (Fsp3) is 0.353. The molecule has 3 rings (SSSR count). The molecule has 0 radical (unpaired) electrons. The quantitative estimate of drug-likeness (QED) is 0.736. The Morgan fingerprint density at radius 1 is 1.08 bits per heavy atom. The van der Waals surface area contributed by atoms with Gasteiger partial charge in [0.25, 0.3) is 5.91 Å². The molecule has 3 aromatic rings. The minimum Gasteiger partial charge on any atom is -0.361 e. The van der Waals surface area contributed by atoms with Crippen LogP contribution in [-0.2, 0) is 6.54 Å². The summed E-state index contributed by atoms with van der Waals surface area (Å²) in [5.74, 6) is 2.06. The van der Waals surface area contributed by atoms with E-state index in [-0.39, 0.29) is 5.91 Å². The third kappa shape index (κ3) is 2.84. The van der Waals surface area contributed by atoms with Crippen LogP contribution in [0.3, 0.4) is 0 Å². The molecule has 0 aliphatic carbocycles. The highest BCUT2D eigenvalue weighted by Gasteiger charge is 2.21. The van der Waals surface area contributed by atoms with E-state index in [0.29, 0.717) is 17.9 Å². The highest BCUT2D eigenvalue weighted by Crippen LogP contribution is 2.22. The maximum atomic E-state index is 12.8. The molecule has 1 amide bonds. The van der Waals surface area contributed by atoms with Gasteiger partial charge in [0, 0.05) is 30.6 Å². The predicted molar refractivity (Wildman–Crippen MR) is 87.1 cm³/mol. The normalized spacial score (nSPS) is 11.0. The maximum Gasteiger partial charge on any atom is 0.255 e. The average Bonchev–Trinajstić information content (AvgIpc) is 3.19. The lowest BCUT2D eigenvalue weighted by molar-refractivity contribution is 0.0781. The molecule has 24 heavy (non-hydrogen) atoms. The highest BCUT2D eigenvalue weighted by molar-refractivity contribution is 5.95. The smallest absolute Gasteiger partial charge is 0.255 e. The second-order valence-corrected chi connectivity index (χ2v) is 6.01. The fourth-order valence-electron chi connectivity index (χ4n) is 2.80. The molecule has 0 unspecified atom stereocenters. The van der Waals surface area contributed by atoms with Gasteiger partial charge in [-0.1, -0.05) is 10.3 Å². The molecule has 0 aliphatic heterocycles. The Labute approximate surface area is 139 Å². The van der Waals surface area contributed by atoms with Gasteiger partial charge < -0.3 is 13.9 Å². The number of aromatic nitrogens is 3. The second-order valence-electron chi connectivity index (χ2n) is 6.01. The molecular formula is C17H20N4O3. The van der Waals surface area contributed by atoms with Crippen LogP contribution in [0.2, 0.25) is 0 Å². The molecule has 0 bridgehead atoms. The summed E-state index contributed by atoms with van der Waals surface area (Å²) < 4.78 is 12.1. The number of hydrogen-bond acceptors (Lipinski definition) is 5. The summed E-state index contributed by atoms with van der Waals surface area (Å²) in [6.07, 6.45) is 0. The van der Waals surface area contributed by atoms with Crippen LogP contribution >= 0.6 is 0 Å². The van der Waals surface area contributed by atoms with Crippen molar-refractivity contribution in [1.29, 1.82) is 0 Å². The van der Waals surface area contributed by atoms with Gasteiger partial charge in [-0.2, -0.15) is 0 Å². The first-order chi connectivity index (χ1) is 11.4. The highest BCUT2D eigenvalue weighted by atomic mass is 16.5. The molecule has 0 fully saturated rings. The van der Waals surface area contributed by atoms with E-state index in [1.165, 1.54) is 0 Å². The van der Waals surface area contributed by atoms with Gasteiger partial charge in [0.2, 0.25) is 0 Å².